The summed E-state index contributed by atoms with van der Waals surface area (Å²) in [6.45, 7) is -4.94. The number of nitrogens with zero attached hydrogens (tertiary/aromatic N) is 1. The molecule has 0 aromatic carbocycles. The first-order chi connectivity index (χ1) is 5.00. The average molecular weight is 180 g/mol. The van der Waals surface area contributed by atoms with Crippen LogP contribution in [0.3, 0.4) is 0 Å². The Hall–Kier alpha value is -0.705. The first kappa shape index (κ1) is 8.39. The molecule has 1 nitrogen and oxygen atoms in total. The highest BCUT2D eigenvalue weighted by Crippen LogP contribution is 2.09. The number of hydrogen-bond donors (Lipinski definition) is 0. The van der Waals surface area contributed by atoms with Gasteiger partial charge in [-0.05, 0) is 6.07 Å². The fourth-order valence-electron chi connectivity index (χ4n) is 0.581. The van der Waals surface area contributed by atoms with Gasteiger partial charge in [-0.15, -0.1) is 0 Å². The van der Waals surface area contributed by atoms with Crippen molar-refractivity contribution in [1.82, 2.24) is 4.98 Å². The van der Waals surface area contributed by atoms with Gasteiger partial charge in [0.15, 0.2) is 0 Å². The van der Waals surface area contributed by atoms with Gasteiger partial charge < -0.3 is 12.9 Å². The topological polar surface area (TPSA) is 12.9 Å². The van der Waals surface area contributed by atoms with Crippen molar-refractivity contribution < 1.29 is 12.9 Å². The van der Waals surface area contributed by atoms with E-state index < -0.39 is 12.4 Å². The Morgan fingerprint density at radius 2 is 1.91 bits per heavy atom. The van der Waals surface area contributed by atoms with Crippen LogP contribution in [0.5, 0.6) is 0 Å². The number of aromatic nitrogens is 1. The Bertz CT molecular complexity index is 245. The second-order valence-corrected chi connectivity index (χ2v) is 2.38. The van der Waals surface area contributed by atoms with Gasteiger partial charge in [0, 0.05) is 6.20 Å². The molecule has 1 aromatic rings. The summed E-state index contributed by atoms with van der Waals surface area (Å²) >= 11 is 5.29. The van der Waals surface area contributed by atoms with Gasteiger partial charge in [0.1, 0.15) is 5.15 Å². The molecule has 60 valence electrons. The summed E-state index contributed by atoms with van der Waals surface area (Å²) in [5.41, 5.74) is -0.727. The third-order valence-electron chi connectivity index (χ3n) is 1.13. The highest BCUT2D eigenvalue weighted by molar-refractivity contribution is 6.73. The summed E-state index contributed by atoms with van der Waals surface area (Å²) in [6.07, 6.45) is 0.725. The van der Waals surface area contributed by atoms with Crippen LogP contribution in [-0.2, 0) is 0 Å². The van der Waals surface area contributed by atoms with Crippen molar-refractivity contribution in [1.29, 1.82) is 0 Å². The van der Waals surface area contributed by atoms with Gasteiger partial charge in [0.25, 0.3) is 0 Å². The molecule has 6 heteroatoms. The largest absolute Gasteiger partial charge is 0.511 e. The Morgan fingerprint density at radius 1 is 1.27 bits per heavy atom. The molecule has 0 aliphatic carbocycles. The third kappa shape index (κ3) is 2.11. The number of halogens is 4. The fraction of sp³-hybridized carbons (Fsp3) is 0. The quantitative estimate of drug-likeness (QED) is 0.474. The van der Waals surface area contributed by atoms with E-state index in [1.54, 1.807) is 0 Å². The van der Waals surface area contributed by atoms with Crippen LogP contribution in [-0.4, -0.2) is 12.0 Å². The minimum absolute atomic E-state index is 0.0637. The molecule has 0 unspecified atom stereocenters. The molecule has 0 saturated carbocycles. The summed E-state index contributed by atoms with van der Waals surface area (Å²) in [4.78, 5) is 3.31. The molecular weight excluding hydrogens is 177 g/mol. The SMILES string of the molecule is F[B-](F)(F)c1ccc(Cl)nc1. The second-order valence-electron chi connectivity index (χ2n) is 1.99. The monoisotopic (exact) mass is 180 g/mol. The summed E-state index contributed by atoms with van der Waals surface area (Å²) in [5.74, 6) is 0. The molecule has 11 heavy (non-hydrogen) atoms. The highest BCUT2D eigenvalue weighted by Gasteiger charge is 2.25. The molecule has 1 rings (SSSR count). The standard InChI is InChI=1S/C5H3BClF3N/c7-5-2-1-4(3-11-5)6(8,9)10/h1-3H/q-1. The Balaban J connectivity index is 2.99. The average Bonchev–Trinajstić information content (AvgIpc) is 1.86. The van der Waals surface area contributed by atoms with Crippen LogP contribution in [0.1, 0.15) is 0 Å². The molecule has 0 fully saturated rings. The first-order valence-electron chi connectivity index (χ1n) is 2.81. The molecule has 0 radical (unpaired) electrons. The molecule has 0 bridgehead atoms. The minimum Gasteiger partial charge on any atom is -0.445 e. The van der Waals surface area contributed by atoms with Gasteiger partial charge in [-0.1, -0.05) is 23.1 Å². The van der Waals surface area contributed by atoms with Gasteiger partial charge in [-0.2, -0.15) is 0 Å². The lowest BCUT2D eigenvalue weighted by molar-refractivity contribution is 0.500. The maximum absolute atomic E-state index is 11.9. The van der Waals surface area contributed by atoms with E-state index in [9.17, 15) is 12.9 Å². The van der Waals surface area contributed by atoms with Crippen LogP contribution < -0.4 is 5.46 Å². The van der Waals surface area contributed by atoms with E-state index in [0.717, 1.165) is 18.3 Å². The van der Waals surface area contributed by atoms with Crippen molar-refractivity contribution in [3.05, 3.63) is 23.5 Å². The van der Waals surface area contributed by atoms with Gasteiger partial charge in [-0.3, -0.25) is 0 Å². The Kier molecular flexibility index (Phi) is 2.09. The maximum atomic E-state index is 11.9. The maximum Gasteiger partial charge on any atom is 0.511 e. The summed E-state index contributed by atoms with van der Waals surface area (Å²) in [7, 11) is 0. The Morgan fingerprint density at radius 3 is 2.27 bits per heavy atom. The fourth-order valence-corrected chi connectivity index (χ4v) is 0.693. The molecule has 0 aliphatic rings. The molecule has 0 N–H and O–H groups in total. The van der Waals surface area contributed by atoms with Crippen LogP contribution in [0.25, 0.3) is 0 Å². The number of pyridine rings is 1. The third-order valence-corrected chi connectivity index (χ3v) is 1.35. The van der Waals surface area contributed by atoms with E-state index in [0.29, 0.717) is 0 Å². The van der Waals surface area contributed by atoms with E-state index in [1.807, 2.05) is 0 Å². The van der Waals surface area contributed by atoms with Crippen LogP contribution in [0.2, 0.25) is 5.15 Å². The van der Waals surface area contributed by atoms with E-state index in [1.165, 1.54) is 0 Å². The normalized spacial score (nSPS) is 11.6. The van der Waals surface area contributed by atoms with E-state index in [2.05, 4.69) is 4.98 Å². The smallest absolute Gasteiger partial charge is 0.445 e. The summed E-state index contributed by atoms with van der Waals surface area (Å²) < 4.78 is 35.7. The van der Waals surface area contributed by atoms with Crippen molar-refractivity contribution in [2.45, 2.75) is 0 Å². The lowest BCUT2D eigenvalue weighted by Gasteiger charge is -2.12. The van der Waals surface area contributed by atoms with Gasteiger partial charge in [-0.25, -0.2) is 4.98 Å². The van der Waals surface area contributed by atoms with Crippen molar-refractivity contribution in [3.8, 4) is 0 Å². The predicted molar refractivity (Wildman–Crippen MR) is 38.0 cm³/mol. The van der Waals surface area contributed by atoms with Crippen molar-refractivity contribution in [2.24, 2.45) is 0 Å². The molecule has 0 atom stereocenters. The molecule has 1 aromatic heterocycles. The highest BCUT2D eigenvalue weighted by atomic mass is 35.5. The van der Waals surface area contributed by atoms with E-state index >= 15 is 0 Å². The second kappa shape index (κ2) is 2.73. The molecule has 0 aliphatic heterocycles. The number of rotatable bonds is 1. The van der Waals surface area contributed by atoms with Crippen LogP contribution in [0, 0.1) is 0 Å². The van der Waals surface area contributed by atoms with E-state index in [4.69, 9.17) is 11.6 Å². The molecule has 1 heterocycles. The predicted octanol–water partition coefficient (Wildman–Crippen LogP) is 1.79. The lowest BCUT2D eigenvalue weighted by Crippen LogP contribution is -2.34. The molecule has 0 amide bonds. The van der Waals surface area contributed by atoms with Gasteiger partial charge in [0.2, 0.25) is 0 Å². The zero-order chi connectivity index (χ0) is 8.48. The number of hydrogen-bond acceptors (Lipinski definition) is 1. The zero-order valence-corrected chi connectivity index (χ0v) is 6.02. The molecule has 0 saturated heterocycles. The van der Waals surface area contributed by atoms with Crippen molar-refractivity contribution in [2.75, 3.05) is 0 Å². The zero-order valence-electron chi connectivity index (χ0n) is 5.27. The van der Waals surface area contributed by atoms with Gasteiger partial charge in [0.05, 0.1) is 0 Å². The van der Waals surface area contributed by atoms with Crippen molar-refractivity contribution in [3.63, 3.8) is 0 Å². The van der Waals surface area contributed by atoms with Crippen LogP contribution in [0.15, 0.2) is 18.3 Å². The van der Waals surface area contributed by atoms with Gasteiger partial charge >= 0.3 is 6.98 Å². The molecular formula is C5H3BClF3N-. The van der Waals surface area contributed by atoms with E-state index in [-0.39, 0.29) is 5.15 Å². The minimum atomic E-state index is -4.94. The summed E-state index contributed by atoms with van der Waals surface area (Å²) in [6, 6.07) is 2.03. The first-order valence-corrected chi connectivity index (χ1v) is 3.19. The van der Waals surface area contributed by atoms with Crippen LogP contribution >= 0.6 is 11.6 Å². The van der Waals surface area contributed by atoms with Crippen molar-refractivity contribution >= 4 is 24.0 Å². The van der Waals surface area contributed by atoms with Crippen LogP contribution in [0.4, 0.5) is 12.9 Å². The summed E-state index contributed by atoms with van der Waals surface area (Å²) in [5, 5.41) is 0.0637. The lowest BCUT2D eigenvalue weighted by atomic mass is 9.82. The molecule has 0 spiro atoms. The Labute approximate surface area is 66.3 Å².